The van der Waals surface area contributed by atoms with E-state index in [1.165, 1.54) is 11.3 Å². The van der Waals surface area contributed by atoms with Gasteiger partial charge in [0.1, 0.15) is 5.75 Å². The predicted molar refractivity (Wildman–Crippen MR) is 87.5 cm³/mol. The molecule has 0 saturated heterocycles. The summed E-state index contributed by atoms with van der Waals surface area (Å²) in [4.78, 5) is 0. The first-order chi connectivity index (χ1) is 10.2. The standard InChI is InChI=1S/C18H26N2O/c1-3-12-20-13-4-5-17(20)14-19-15(2)6-7-16-8-10-18(21)11-9-16/h4-5,8-11,13,15,19,21H,3,6-7,12,14H2,1-2H3. The summed E-state index contributed by atoms with van der Waals surface area (Å²) in [5.74, 6) is 0.335. The maximum absolute atomic E-state index is 9.28. The van der Waals surface area contributed by atoms with Crippen molar-refractivity contribution in [1.82, 2.24) is 9.88 Å². The van der Waals surface area contributed by atoms with Crippen molar-refractivity contribution < 1.29 is 5.11 Å². The molecule has 21 heavy (non-hydrogen) atoms. The van der Waals surface area contributed by atoms with Crippen LogP contribution in [0.3, 0.4) is 0 Å². The van der Waals surface area contributed by atoms with Crippen molar-refractivity contribution in [3.63, 3.8) is 0 Å². The molecule has 0 aliphatic heterocycles. The molecule has 0 amide bonds. The Hall–Kier alpha value is -1.74. The first kappa shape index (κ1) is 15.6. The molecule has 1 unspecified atom stereocenters. The van der Waals surface area contributed by atoms with Crippen LogP contribution < -0.4 is 5.32 Å². The zero-order valence-electron chi connectivity index (χ0n) is 13.0. The van der Waals surface area contributed by atoms with E-state index < -0.39 is 0 Å². The van der Waals surface area contributed by atoms with Crippen molar-refractivity contribution in [3.8, 4) is 5.75 Å². The Bertz CT molecular complexity index is 530. The Labute approximate surface area is 127 Å². The molecule has 0 aliphatic carbocycles. The van der Waals surface area contributed by atoms with Gasteiger partial charge >= 0.3 is 0 Å². The van der Waals surface area contributed by atoms with Gasteiger partial charge in [0.15, 0.2) is 0 Å². The van der Waals surface area contributed by atoms with Gasteiger partial charge in [0, 0.05) is 31.0 Å². The molecule has 1 atom stereocenters. The first-order valence-corrected chi connectivity index (χ1v) is 7.84. The Morgan fingerprint density at radius 3 is 2.67 bits per heavy atom. The normalized spacial score (nSPS) is 12.5. The number of rotatable bonds is 8. The minimum atomic E-state index is 0.335. The number of hydrogen-bond acceptors (Lipinski definition) is 2. The van der Waals surface area contributed by atoms with Crippen molar-refractivity contribution in [2.75, 3.05) is 0 Å². The van der Waals surface area contributed by atoms with Gasteiger partial charge in [-0.2, -0.15) is 0 Å². The van der Waals surface area contributed by atoms with Crippen molar-refractivity contribution in [3.05, 3.63) is 53.9 Å². The molecule has 2 N–H and O–H groups in total. The van der Waals surface area contributed by atoms with E-state index in [1.807, 2.05) is 12.1 Å². The molecule has 0 spiro atoms. The number of aromatic nitrogens is 1. The van der Waals surface area contributed by atoms with Crippen molar-refractivity contribution in [2.24, 2.45) is 0 Å². The number of benzene rings is 1. The molecule has 0 aliphatic rings. The third kappa shape index (κ3) is 4.94. The fraction of sp³-hybridized carbons (Fsp3) is 0.444. The van der Waals surface area contributed by atoms with Gasteiger partial charge in [-0.3, -0.25) is 0 Å². The molecule has 0 bridgehead atoms. The van der Waals surface area contributed by atoms with Crippen molar-refractivity contribution in [1.29, 1.82) is 0 Å². The number of nitrogens with zero attached hydrogens (tertiary/aromatic N) is 1. The lowest BCUT2D eigenvalue weighted by Crippen LogP contribution is -2.27. The van der Waals surface area contributed by atoms with Gasteiger partial charge in [-0.05, 0) is 56.0 Å². The van der Waals surface area contributed by atoms with Crippen LogP contribution >= 0.6 is 0 Å². The molecular formula is C18H26N2O. The SMILES string of the molecule is CCCn1cccc1CNC(C)CCc1ccc(O)cc1. The van der Waals surface area contributed by atoms with Gasteiger partial charge in [-0.1, -0.05) is 19.1 Å². The summed E-state index contributed by atoms with van der Waals surface area (Å²) in [7, 11) is 0. The minimum absolute atomic E-state index is 0.335. The molecule has 114 valence electrons. The third-order valence-corrected chi connectivity index (χ3v) is 3.82. The zero-order chi connectivity index (χ0) is 15.1. The number of hydrogen-bond donors (Lipinski definition) is 2. The van der Waals surface area contributed by atoms with Crippen LogP contribution in [0.5, 0.6) is 5.75 Å². The second-order valence-electron chi connectivity index (χ2n) is 5.68. The number of phenolic OH excluding ortho intramolecular Hbond substituents is 1. The fourth-order valence-electron chi connectivity index (χ4n) is 2.50. The fourth-order valence-corrected chi connectivity index (χ4v) is 2.50. The summed E-state index contributed by atoms with van der Waals surface area (Å²) >= 11 is 0. The lowest BCUT2D eigenvalue weighted by atomic mass is 10.1. The summed E-state index contributed by atoms with van der Waals surface area (Å²) in [5.41, 5.74) is 2.63. The van der Waals surface area contributed by atoms with E-state index in [1.54, 1.807) is 12.1 Å². The van der Waals surface area contributed by atoms with Gasteiger partial charge in [0.05, 0.1) is 0 Å². The third-order valence-electron chi connectivity index (χ3n) is 3.82. The number of phenols is 1. The number of nitrogens with one attached hydrogen (secondary N) is 1. The van der Waals surface area contributed by atoms with Crippen LogP contribution in [0, 0.1) is 0 Å². The van der Waals surface area contributed by atoms with Crippen LogP contribution in [-0.4, -0.2) is 15.7 Å². The van der Waals surface area contributed by atoms with Crippen LogP contribution in [0.4, 0.5) is 0 Å². The van der Waals surface area contributed by atoms with Gasteiger partial charge in [0.2, 0.25) is 0 Å². The Morgan fingerprint density at radius 1 is 1.19 bits per heavy atom. The molecule has 1 heterocycles. The Balaban J connectivity index is 1.75. The topological polar surface area (TPSA) is 37.2 Å². The van der Waals surface area contributed by atoms with Crippen LogP contribution in [0.15, 0.2) is 42.6 Å². The van der Waals surface area contributed by atoms with E-state index >= 15 is 0 Å². The van der Waals surface area contributed by atoms with Gasteiger partial charge in [0.25, 0.3) is 0 Å². The Morgan fingerprint density at radius 2 is 1.95 bits per heavy atom. The largest absolute Gasteiger partial charge is 0.508 e. The highest BCUT2D eigenvalue weighted by Gasteiger charge is 2.05. The molecule has 3 heteroatoms. The van der Waals surface area contributed by atoms with Crippen LogP contribution in [-0.2, 0) is 19.5 Å². The first-order valence-electron chi connectivity index (χ1n) is 7.84. The molecule has 2 rings (SSSR count). The second kappa shape index (κ2) is 7.89. The molecule has 3 nitrogen and oxygen atoms in total. The van der Waals surface area contributed by atoms with Crippen LogP contribution in [0.1, 0.15) is 37.9 Å². The molecule has 1 aromatic heterocycles. The van der Waals surface area contributed by atoms with E-state index in [9.17, 15) is 5.11 Å². The molecule has 0 saturated carbocycles. The summed E-state index contributed by atoms with van der Waals surface area (Å²) in [6, 6.07) is 12.3. The summed E-state index contributed by atoms with van der Waals surface area (Å²) in [6.07, 6.45) is 5.45. The lowest BCUT2D eigenvalue weighted by Gasteiger charge is -2.15. The average molecular weight is 286 g/mol. The molecule has 1 aromatic carbocycles. The van der Waals surface area contributed by atoms with Crippen molar-refractivity contribution >= 4 is 0 Å². The van der Waals surface area contributed by atoms with Crippen LogP contribution in [0.2, 0.25) is 0 Å². The van der Waals surface area contributed by atoms with Gasteiger partial charge in [-0.15, -0.1) is 0 Å². The second-order valence-corrected chi connectivity index (χ2v) is 5.68. The van der Waals surface area contributed by atoms with Gasteiger partial charge in [-0.25, -0.2) is 0 Å². The zero-order valence-corrected chi connectivity index (χ0v) is 13.0. The van der Waals surface area contributed by atoms with Crippen molar-refractivity contribution in [2.45, 2.75) is 52.2 Å². The number of aryl methyl sites for hydroxylation is 2. The highest BCUT2D eigenvalue weighted by Crippen LogP contribution is 2.12. The smallest absolute Gasteiger partial charge is 0.115 e. The predicted octanol–water partition coefficient (Wildman–Crippen LogP) is 3.71. The maximum atomic E-state index is 9.28. The van der Waals surface area contributed by atoms with Gasteiger partial charge < -0.3 is 15.0 Å². The molecule has 0 fully saturated rings. The summed E-state index contributed by atoms with van der Waals surface area (Å²) in [6.45, 7) is 6.45. The monoisotopic (exact) mass is 286 g/mol. The maximum Gasteiger partial charge on any atom is 0.115 e. The molecule has 0 radical (unpaired) electrons. The summed E-state index contributed by atoms with van der Waals surface area (Å²) < 4.78 is 2.32. The highest BCUT2D eigenvalue weighted by molar-refractivity contribution is 5.25. The summed E-state index contributed by atoms with van der Waals surface area (Å²) in [5, 5.41) is 12.9. The average Bonchev–Trinajstić information content (AvgIpc) is 2.92. The minimum Gasteiger partial charge on any atom is -0.508 e. The quantitative estimate of drug-likeness (QED) is 0.776. The molecular weight excluding hydrogens is 260 g/mol. The van der Waals surface area contributed by atoms with E-state index in [0.29, 0.717) is 11.8 Å². The van der Waals surface area contributed by atoms with E-state index in [0.717, 1.165) is 32.4 Å². The Kier molecular flexibility index (Phi) is 5.88. The lowest BCUT2D eigenvalue weighted by molar-refractivity contribution is 0.474. The highest BCUT2D eigenvalue weighted by atomic mass is 16.3. The van der Waals surface area contributed by atoms with E-state index in [4.69, 9.17) is 0 Å². The van der Waals surface area contributed by atoms with Crippen LogP contribution in [0.25, 0.3) is 0 Å². The number of aromatic hydroxyl groups is 1. The van der Waals surface area contributed by atoms with E-state index in [2.05, 4.69) is 42.1 Å². The molecule has 2 aromatic rings. The van der Waals surface area contributed by atoms with E-state index in [-0.39, 0.29) is 0 Å².